The van der Waals surface area contributed by atoms with Crippen molar-refractivity contribution >= 4 is 32.0 Å². The summed E-state index contributed by atoms with van der Waals surface area (Å²) in [5, 5.41) is 4.58. The Morgan fingerprint density at radius 2 is 2.23 bits per heavy atom. The van der Waals surface area contributed by atoms with E-state index in [9.17, 15) is 13.2 Å². The molecule has 8 heteroatoms. The third-order valence-electron chi connectivity index (χ3n) is 1.06. The van der Waals surface area contributed by atoms with Crippen molar-refractivity contribution < 1.29 is 17.6 Å². The van der Waals surface area contributed by atoms with Crippen LogP contribution in [0.4, 0.5) is 0 Å². The summed E-state index contributed by atoms with van der Waals surface area (Å²) in [6.45, 7) is 0. The molecule has 3 N–H and O–H groups in total. The van der Waals surface area contributed by atoms with Gasteiger partial charge in [0.2, 0.25) is 5.76 Å². The standard InChI is InChI=1S/C5H5BrN2O4S/c6-3-1-2-12-4(3)5(9)8-13(7,10)11/h1-2H,(H,8,9)(H2,7,10,11). The maximum atomic E-state index is 11.0. The van der Waals surface area contributed by atoms with E-state index in [-0.39, 0.29) is 5.76 Å². The molecule has 0 aliphatic carbocycles. The monoisotopic (exact) mass is 268 g/mol. The van der Waals surface area contributed by atoms with Gasteiger partial charge in [0, 0.05) is 0 Å². The molecule has 1 rings (SSSR count). The number of nitrogens with two attached hydrogens (primary N) is 1. The SMILES string of the molecule is NS(=O)(=O)NC(=O)c1occc1Br. The molecule has 0 unspecified atom stereocenters. The van der Waals surface area contributed by atoms with Crippen LogP contribution >= 0.6 is 15.9 Å². The largest absolute Gasteiger partial charge is 0.458 e. The molecular formula is C5H5BrN2O4S. The maximum absolute atomic E-state index is 11.0. The van der Waals surface area contributed by atoms with Gasteiger partial charge in [-0.15, -0.1) is 0 Å². The molecule has 0 aliphatic heterocycles. The first-order chi connectivity index (χ1) is 5.90. The lowest BCUT2D eigenvalue weighted by atomic mass is 10.4. The van der Waals surface area contributed by atoms with Gasteiger partial charge in [-0.05, 0) is 22.0 Å². The molecule has 72 valence electrons. The van der Waals surface area contributed by atoms with Crippen LogP contribution in [0.2, 0.25) is 0 Å². The van der Waals surface area contributed by atoms with Crippen LogP contribution in [-0.4, -0.2) is 14.3 Å². The van der Waals surface area contributed by atoms with Gasteiger partial charge in [-0.2, -0.15) is 8.42 Å². The number of furan rings is 1. The van der Waals surface area contributed by atoms with Crippen molar-refractivity contribution in [1.82, 2.24) is 4.72 Å². The minimum atomic E-state index is -4.05. The third-order valence-corrected chi connectivity index (χ3v) is 2.15. The molecule has 0 radical (unpaired) electrons. The number of amides is 1. The number of carbonyl (C=O) groups is 1. The molecule has 6 nitrogen and oxygen atoms in total. The first kappa shape index (κ1) is 10.2. The van der Waals surface area contributed by atoms with E-state index in [2.05, 4.69) is 21.1 Å². The predicted molar refractivity (Wildman–Crippen MR) is 47.0 cm³/mol. The highest BCUT2D eigenvalue weighted by atomic mass is 79.9. The Morgan fingerprint density at radius 3 is 2.62 bits per heavy atom. The van der Waals surface area contributed by atoms with Crippen LogP contribution in [0.1, 0.15) is 10.6 Å². The Kier molecular flexibility index (Phi) is 2.74. The maximum Gasteiger partial charge on any atom is 0.302 e. The van der Waals surface area contributed by atoms with E-state index in [4.69, 9.17) is 4.42 Å². The Hall–Kier alpha value is -0.860. The number of hydrogen-bond donors (Lipinski definition) is 2. The zero-order valence-corrected chi connectivity index (χ0v) is 8.55. The Bertz CT molecular complexity index is 423. The number of carbonyl (C=O) groups excluding carboxylic acids is 1. The number of rotatable bonds is 2. The number of hydrogen-bond acceptors (Lipinski definition) is 4. The first-order valence-corrected chi connectivity index (χ1v) is 5.32. The second-order valence-electron chi connectivity index (χ2n) is 2.07. The van der Waals surface area contributed by atoms with Gasteiger partial charge in [-0.1, -0.05) is 0 Å². The molecule has 1 amide bonds. The molecule has 0 aromatic carbocycles. The van der Waals surface area contributed by atoms with E-state index >= 15 is 0 Å². The number of halogens is 1. The average molecular weight is 269 g/mol. The molecular weight excluding hydrogens is 264 g/mol. The summed E-state index contributed by atoms with van der Waals surface area (Å²) in [5.41, 5.74) is 0. The quantitative estimate of drug-likeness (QED) is 0.787. The summed E-state index contributed by atoms with van der Waals surface area (Å²) in [6, 6.07) is 1.46. The van der Waals surface area contributed by atoms with Gasteiger partial charge in [0.05, 0.1) is 10.7 Å². The fourth-order valence-electron chi connectivity index (χ4n) is 0.631. The number of nitrogens with one attached hydrogen (secondary N) is 1. The highest BCUT2D eigenvalue weighted by Gasteiger charge is 2.17. The Labute approximate surface area is 82.4 Å². The van der Waals surface area contributed by atoms with Gasteiger partial charge < -0.3 is 4.42 Å². The lowest BCUT2D eigenvalue weighted by molar-refractivity contribution is 0.0953. The van der Waals surface area contributed by atoms with Crippen molar-refractivity contribution in [2.24, 2.45) is 5.14 Å². The molecule has 0 saturated carbocycles. The fourth-order valence-corrected chi connectivity index (χ4v) is 1.36. The lowest BCUT2D eigenvalue weighted by Crippen LogP contribution is -2.35. The van der Waals surface area contributed by atoms with Crippen LogP contribution in [0.3, 0.4) is 0 Å². The smallest absolute Gasteiger partial charge is 0.302 e. The summed E-state index contributed by atoms with van der Waals surface area (Å²) in [7, 11) is -4.05. The van der Waals surface area contributed by atoms with Crippen LogP contribution < -0.4 is 9.86 Å². The molecule has 0 saturated heterocycles. The topological polar surface area (TPSA) is 102 Å². The molecule has 1 heterocycles. The minimum absolute atomic E-state index is 0.144. The van der Waals surface area contributed by atoms with Gasteiger partial charge in [0.25, 0.3) is 10.2 Å². The minimum Gasteiger partial charge on any atom is -0.458 e. The fraction of sp³-hybridized carbons (Fsp3) is 0. The highest BCUT2D eigenvalue weighted by molar-refractivity contribution is 9.10. The molecule has 13 heavy (non-hydrogen) atoms. The van der Waals surface area contributed by atoms with Crippen molar-refractivity contribution in [2.75, 3.05) is 0 Å². The van der Waals surface area contributed by atoms with E-state index in [0.29, 0.717) is 4.47 Å². The normalized spacial score (nSPS) is 11.2. The van der Waals surface area contributed by atoms with E-state index in [1.165, 1.54) is 12.3 Å². The molecule has 0 bridgehead atoms. The second-order valence-corrected chi connectivity index (χ2v) is 4.22. The van der Waals surface area contributed by atoms with Crippen molar-refractivity contribution in [2.45, 2.75) is 0 Å². The lowest BCUT2D eigenvalue weighted by Gasteiger charge is -1.98. The molecule has 1 aromatic heterocycles. The summed E-state index contributed by atoms with van der Waals surface area (Å²) in [4.78, 5) is 11.0. The van der Waals surface area contributed by atoms with Crippen LogP contribution in [-0.2, 0) is 10.2 Å². The van der Waals surface area contributed by atoms with Crippen molar-refractivity contribution in [3.63, 3.8) is 0 Å². The van der Waals surface area contributed by atoms with E-state index in [0.717, 1.165) is 0 Å². The van der Waals surface area contributed by atoms with Gasteiger partial charge in [0.15, 0.2) is 0 Å². The molecule has 0 fully saturated rings. The average Bonchev–Trinajstić information content (AvgIpc) is 2.30. The van der Waals surface area contributed by atoms with Gasteiger partial charge in [-0.25, -0.2) is 9.86 Å². The summed E-state index contributed by atoms with van der Waals surface area (Å²) in [6.07, 6.45) is 1.24. The van der Waals surface area contributed by atoms with E-state index in [1.54, 1.807) is 4.72 Å². The van der Waals surface area contributed by atoms with Crippen molar-refractivity contribution in [3.05, 3.63) is 22.6 Å². The Balaban J connectivity index is 2.88. The summed E-state index contributed by atoms with van der Waals surface area (Å²) < 4.78 is 27.5. The van der Waals surface area contributed by atoms with Crippen LogP contribution in [0.25, 0.3) is 0 Å². The second kappa shape index (κ2) is 3.48. The van der Waals surface area contributed by atoms with Gasteiger partial charge in [-0.3, -0.25) is 4.79 Å². The molecule has 1 aromatic rings. The van der Waals surface area contributed by atoms with Crippen LogP contribution in [0, 0.1) is 0 Å². The molecule has 0 atom stereocenters. The van der Waals surface area contributed by atoms with E-state index in [1.807, 2.05) is 0 Å². The first-order valence-electron chi connectivity index (χ1n) is 2.98. The highest BCUT2D eigenvalue weighted by Crippen LogP contribution is 2.16. The molecule has 0 spiro atoms. The zero-order chi connectivity index (χ0) is 10.1. The van der Waals surface area contributed by atoms with Crippen molar-refractivity contribution in [3.8, 4) is 0 Å². The van der Waals surface area contributed by atoms with Crippen LogP contribution in [0.5, 0.6) is 0 Å². The third kappa shape index (κ3) is 2.83. The summed E-state index contributed by atoms with van der Waals surface area (Å²) >= 11 is 2.98. The van der Waals surface area contributed by atoms with Crippen molar-refractivity contribution in [1.29, 1.82) is 0 Å². The molecule has 0 aliphatic rings. The Morgan fingerprint density at radius 1 is 1.62 bits per heavy atom. The summed E-state index contributed by atoms with van der Waals surface area (Å²) in [5.74, 6) is -1.06. The van der Waals surface area contributed by atoms with Gasteiger partial charge >= 0.3 is 5.91 Å². The van der Waals surface area contributed by atoms with E-state index < -0.39 is 16.1 Å². The predicted octanol–water partition coefficient (Wildman–Crippen LogP) is -0.0246. The van der Waals surface area contributed by atoms with Crippen LogP contribution in [0.15, 0.2) is 21.2 Å². The zero-order valence-electron chi connectivity index (χ0n) is 6.15. The van der Waals surface area contributed by atoms with Gasteiger partial charge in [0.1, 0.15) is 0 Å².